The largest absolute Gasteiger partial charge is 0.493 e. The third kappa shape index (κ3) is 2.72. The Hall–Kier alpha value is -1.59. The number of rotatable bonds is 4. The average molecular weight is 285 g/mol. The van der Waals surface area contributed by atoms with Crippen LogP contribution in [0.15, 0.2) is 24.4 Å². The summed E-state index contributed by atoms with van der Waals surface area (Å²) in [7, 11) is 3.18. The average Bonchev–Trinajstić information content (AvgIpc) is 2.76. The number of aryl methyl sites for hydroxylation is 1. The van der Waals surface area contributed by atoms with Crippen molar-refractivity contribution < 1.29 is 14.2 Å². The van der Waals surface area contributed by atoms with Gasteiger partial charge in [-0.15, -0.1) is 0 Å². The molecule has 2 rings (SSSR count). The molecule has 1 atom stereocenters. The fourth-order valence-electron chi connectivity index (χ4n) is 1.98. The molecule has 1 aromatic heterocycles. The smallest absolute Gasteiger partial charge is 0.162 e. The summed E-state index contributed by atoms with van der Waals surface area (Å²) in [4.78, 5) is 0. The van der Waals surface area contributed by atoms with E-state index in [1.807, 2.05) is 0 Å². The predicted octanol–water partition coefficient (Wildman–Crippen LogP) is 2.50. The van der Waals surface area contributed by atoms with Crippen LogP contribution in [0.25, 0.3) is 0 Å². The number of ether oxygens (including phenoxy) is 1. The number of methoxy groups -OCH3 is 1. The van der Waals surface area contributed by atoms with Gasteiger partial charge in [-0.05, 0) is 11.6 Å². The summed E-state index contributed by atoms with van der Waals surface area (Å²) in [6.07, 6.45) is 0.685. The van der Waals surface area contributed by atoms with Crippen LogP contribution in [0.3, 0.4) is 0 Å². The lowest BCUT2D eigenvalue weighted by molar-refractivity contribution is 0.163. The molecule has 4 nitrogen and oxygen atoms in total. The number of benzene rings is 1. The second-order valence-electron chi connectivity index (χ2n) is 4.15. The molecule has 0 aliphatic rings. The van der Waals surface area contributed by atoms with Gasteiger partial charge in [0.1, 0.15) is 17.6 Å². The Kier molecular flexibility index (Phi) is 4.07. The number of hydrogen-bond acceptors (Lipinski definition) is 3. The molecule has 1 N–H and O–H groups in total. The van der Waals surface area contributed by atoms with Crippen LogP contribution in [-0.4, -0.2) is 22.0 Å². The Labute approximate surface area is 115 Å². The van der Waals surface area contributed by atoms with Crippen molar-refractivity contribution in [1.82, 2.24) is 9.78 Å². The topological polar surface area (TPSA) is 47.3 Å². The minimum absolute atomic E-state index is 0.0432. The molecule has 0 saturated heterocycles. The van der Waals surface area contributed by atoms with Gasteiger partial charge >= 0.3 is 0 Å². The summed E-state index contributed by atoms with van der Waals surface area (Å²) in [6.45, 7) is 0. The zero-order chi connectivity index (χ0) is 14.0. The molecule has 2 aromatic rings. The van der Waals surface area contributed by atoms with Crippen molar-refractivity contribution in [3.63, 3.8) is 0 Å². The highest BCUT2D eigenvalue weighted by Gasteiger charge is 2.20. The lowest BCUT2D eigenvalue weighted by atomic mass is 10.0. The van der Waals surface area contributed by atoms with Gasteiger partial charge in [0, 0.05) is 13.5 Å². The summed E-state index contributed by atoms with van der Waals surface area (Å²) in [5.41, 5.74) is 0.852. The molecule has 0 saturated carbocycles. The van der Waals surface area contributed by atoms with Gasteiger partial charge in [-0.3, -0.25) is 4.68 Å². The van der Waals surface area contributed by atoms with Crippen LogP contribution >= 0.6 is 11.6 Å². The molecule has 1 unspecified atom stereocenters. The van der Waals surface area contributed by atoms with Gasteiger partial charge in [-0.1, -0.05) is 23.7 Å². The molecule has 1 heterocycles. The van der Waals surface area contributed by atoms with Gasteiger partial charge in [0.15, 0.2) is 5.75 Å². The Balaban J connectivity index is 2.28. The van der Waals surface area contributed by atoms with Crippen molar-refractivity contribution in [2.75, 3.05) is 7.11 Å². The summed E-state index contributed by atoms with van der Waals surface area (Å²) < 4.78 is 20.4. The molecular formula is C13H14ClFN2O2. The second-order valence-corrected chi connectivity index (χ2v) is 4.56. The van der Waals surface area contributed by atoms with E-state index in [0.717, 1.165) is 0 Å². The van der Waals surface area contributed by atoms with E-state index in [9.17, 15) is 9.50 Å². The first-order valence-electron chi connectivity index (χ1n) is 5.71. The first-order valence-corrected chi connectivity index (χ1v) is 6.09. The molecule has 0 bridgehead atoms. The molecule has 0 aliphatic heterocycles. The van der Waals surface area contributed by atoms with Gasteiger partial charge in [-0.25, -0.2) is 4.39 Å². The van der Waals surface area contributed by atoms with E-state index in [-0.39, 0.29) is 11.4 Å². The SMILES string of the molecule is COc1cnn(C)c1C(O)Cc1cccc(Cl)c1F. The minimum atomic E-state index is -0.921. The van der Waals surface area contributed by atoms with Crippen LogP contribution in [0.2, 0.25) is 5.02 Å². The van der Waals surface area contributed by atoms with Crippen molar-refractivity contribution in [2.24, 2.45) is 7.05 Å². The highest BCUT2D eigenvalue weighted by atomic mass is 35.5. The molecule has 0 radical (unpaired) electrons. The van der Waals surface area contributed by atoms with Crippen molar-refractivity contribution in [3.05, 3.63) is 46.5 Å². The molecule has 102 valence electrons. The Morgan fingerprint density at radius 1 is 1.53 bits per heavy atom. The van der Waals surface area contributed by atoms with Crippen molar-refractivity contribution in [3.8, 4) is 5.75 Å². The van der Waals surface area contributed by atoms with Crippen LogP contribution in [0.4, 0.5) is 4.39 Å². The summed E-state index contributed by atoms with van der Waals surface area (Å²) in [6, 6.07) is 4.71. The van der Waals surface area contributed by atoms with E-state index < -0.39 is 11.9 Å². The van der Waals surface area contributed by atoms with Crippen LogP contribution in [0.1, 0.15) is 17.4 Å². The number of aromatic nitrogens is 2. The maximum absolute atomic E-state index is 13.8. The van der Waals surface area contributed by atoms with E-state index in [1.54, 1.807) is 19.2 Å². The monoisotopic (exact) mass is 284 g/mol. The third-order valence-corrected chi connectivity index (χ3v) is 3.22. The van der Waals surface area contributed by atoms with E-state index >= 15 is 0 Å². The van der Waals surface area contributed by atoms with Crippen molar-refractivity contribution in [2.45, 2.75) is 12.5 Å². The van der Waals surface area contributed by atoms with Crippen LogP contribution in [0, 0.1) is 5.82 Å². The molecule has 0 amide bonds. The molecular weight excluding hydrogens is 271 g/mol. The Bertz CT molecular complexity index is 586. The van der Waals surface area contributed by atoms with Gasteiger partial charge in [0.25, 0.3) is 0 Å². The lowest BCUT2D eigenvalue weighted by Crippen LogP contribution is -2.10. The van der Waals surface area contributed by atoms with Gasteiger partial charge < -0.3 is 9.84 Å². The Morgan fingerprint density at radius 3 is 2.95 bits per heavy atom. The first kappa shape index (κ1) is 13.8. The van der Waals surface area contributed by atoms with E-state index in [2.05, 4.69) is 5.10 Å². The van der Waals surface area contributed by atoms with Crippen LogP contribution in [-0.2, 0) is 13.5 Å². The Morgan fingerprint density at radius 2 is 2.26 bits per heavy atom. The number of hydrogen-bond donors (Lipinski definition) is 1. The highest BCUT2D eigenvalue weighted by molar-refractivity contribution is 6.30. The maximum Gasteiger partial charge on any atom is 0.162 e. The standard InChI is InChI=1S/C13H14ClFN2O2/c1-17-13(11(19-2)7-16-17)10(18)6-8-4-3-5-9(14)12(8)15/h3-5,7,10,18H,6H2,1-2H3. The zero-order valence-electron chi connectivity index (χ0n) is 10.6. The normalized spacial score (nSPS) is 12.5. The molecule has 0 aliphatic carbocycles. The van der Waals surface area contributed by atoms with Crippen molar-refractivity contribution in [1.29, 1.82) is 0 Å². The first-order chi connectivity index (χ1) is 9.04. The van der Waals surface area contributed by atoms with E-state index in [1.165, 1.54) is 24.1 Å². The number of nitrogens with zero attached hydrogens (tertiary/aromatic N) is 2. The number of aliphatic hydroxyl groups excluding tert-OH is 1. The van der Waals surface area contributed by atoms with Gasteiger partial charge in [0.2, 0.25) is 0 Å². The lowest BCUT2D eigenvalue weighted by Gasteiger charge is -2.13. The maximum atomic E-state index is 13.8. The quantitative estimate of drug-likeness (QED) is 0.938. The van der Waals surface area contributed by atoms with Crippen LogP contribution in [0.5, 0.6) is 5.75 Å². The fraction of sp³-hybridized carbons (Fsp3) is 0.308. The van der Waals surface area contributed by atoms with Gasteiger partial charge in [-0.2, -0.15) is 5.10 Å². The molecule has 1 aromatic carbocycles. The van der Waals surface area contributed by atoms with Gasteiger partial charge in [0.05, 0.1) is 18.3 Å². The fourth-order valence-corrected chi connectivity index (χ4v) is 2.17. The third-order valence-electron chi connectivity index (χ3n) is 2.93. The molecule has 19 heavy (non-hydrogen) atoms. The summed E-state index contributed by atoms with van der Waals surface area (Å²) in [5, 5.41) is 14.3. The molecule has 6 heteroatoms. The van der Waals surface area contributed by atoms with Crippen molar-refractivity contribution >= 4 is 11.6 Å². The highest BCUT2D eigenvalue weighted by Crippen LogP contribution is 2.28. The number of halogens is 2. The summed E-state index contributed by atoms with van der Waals surface area (Å²) >= 11 is 5.71. The van der Waals surface area contributed by atoms with E-state index in [0.29, 0.717) is 17.0 Å². The minimum Gasteiger partial charge on any atom is -0.493 e. The van der Waals surface area contributed by atoms with Crippen LogP contribution < -0.4 is 4.74 Å². The second kappa shape index (κ2) is 5.59. The molecule has 0 spiro atoms. The number of aliphatic hydroxyl groups is 1. The van der Waals surface area contributed by atoms with E-state index in [4.69, 9.17) is 16.3 Å². The zero-order valence-corrected chi connectivity index (χ0v) is 11.4. The molecule has 0 fully saturated rings. The predicted molar refractivity (Wildman–Crippen MR) is 69.8 cm³/mol. The summed E-state index contributed by atoms with van der Waals surface area (Å²) in [5.74, 6) is -0.0400.